The number of nitrogens with one attached hydrogen (secondary N) is 2. The van der Waals surface area contributed by atoms with E-state index < -0.39 is 21.7 Å². The van der Waals surface area contributed by atoms with Crippen molar-refractivity contribution in [1.82, 2.24) is 4.72 Å². The molecule has 2 aromatic carbocycles. The summed E-state index contributed by atoms with van der Waals surface area (Å²) in [5.41, 5.74) is 1.26. The standard InChI is InChI=1S/C19H21FN2O3S/c1-4-11-21-26(24,25)16-9-10-18(20)17(12-16)19(23)22-15-7-5-14(6-8-15)13(2)3/h4-10,12-13,21H,1,11H2,2-3H3,(H,22,23). The highest BCUT2D eigenvalue weighted by Crippen LogP contribution is 2.20. The molecule has 0 radical (unpaired) electrons. The average Bonchev–Trinajstić information content (AvgIpc) is 2.60. The molecule has 138 valence electrons. The number of rotatable bonds is 7. The molecule has 0 saturated heterocycles. The zero-order valence-corrected chi connectivity index (χ0v) is 15.4. The van der Waals surface area contributed by atoms with Gasteiger partial charge in [-0.15, -0.1) is 6.58 Å². The lowest BCUT2D eigenvalue weighted by Crippen LogP contribution is -2.24. The summed E-state index contributed by atoms with van der Waals surface area (Å²) in [4.78, 5) is 12.2. The van der Waals surface area contributed by atoms with Gasteiger partial charge in [0.2, 0.25) is 10.0 Å². The molecule has 26 heavy (non-hydrogen) atoms. The Hall–Kier alpha value is -2.51. The van der Waals surface area contributed by atoms with E-state index in [2.05, 4.69) is 30.5 Å². The van der Waals surface area contributed by atoms with Crippen LogP contribution in [0.4, 0.5) is 10.1 Å². The predicted molar refractivity (Wildman–Crippen MR) is 100 cm³/mol. The zero-order valence-electron chi connectivity index (χ0n) is 14.6. The number of anilines is 1. The first kappa shape index (κ1) is 19.8. The van der Waals surface area contributed by atoms with Crippen LogP contribution < -0.4 is 10.0 Å². The van der Waals surface area contributed by atoms with E-state index in [1.54, 1.807) is 12.1 Å². The molecule has 0 atom stereocenters. The van der Waals surface area contributed by atoms with Crippen LogP contribution in [0.15, 0.2) is 60.0 Å². The van der Waals surface area contributed by atoms with Crippen molar-refractivity contribution in [2.24, 2.45) is 0 Å². The fraction of sp³-hybridized carbons (Fsp3) is 0.211. The van der Waals surface area contributed by atoms with Gasteiger partial charge in [0.1, 0.15) is 5.82 Å². The van der Waals surface area contributed by atoms with Crippen LogP contribution >= 0.6 is 0 Å². The number of halogens is 1. The summed E-state index contributed by atoms with van der Waals surface area (Å²) < 4.78 is 40.6. The summed E-state index contributed by atoms with van der Waals surface area (Å²) in [5, 5.41) is 2.58. The van der Waals surface area contributed by atoms with Gasteiger partial charge in [0.15, 0.2) is 0 Å². The van der Waals surface area contributed by atoms with Crippen LogP contribution in [-0.4, -0.2) is 20.9 Å². The molecular formula is C19H21FN2O3S. The monoisotopic (exact) mass is 376 g/mol. The van der Waals surface area contributed by atoms with Gasteiger partial charge in [-0.2, -0.15) is 0 Å². The van der Waals surface area contributed by atoms with Crippen LogP contribution in [0.25, 0.3) is 0 Å². The number of carbonyl (C=O) groups is 1. The van der Waals surface area contributed by atoms with E-state index in [-0.39, 0.29) is 17.0 Å². The second-order valence-corrected chi connectivity index (χ2v) is 7.78. The minimum atomic E-state index is -3.85. The van der Waals surface area contributed by atoms with Gasteiger partial charge in [0.05, 0.1) is 10.5 Å². The third kappa shape index (κ3) is 4.77. The maximum Gasteiger partial charge on any atom is 0.258 e. The third-order valence-electron chi connectivity index (χ3n) is 3.75. The molecule has 1 amide bonds. The van der Waals surface area contributed by atoms with E-state index in [1.165, 1.54) is 6.08 Å². The average molecular weight is 376 g/mol. The molecule has 2 N–H and O–H groups in total. The van der Waals surface area contributed by atoms with E-state index in [0.29, 0.717) is 11.6 Å². The Kier molecular flexibility index (Phi) is 6.28. The second kappa shape index (κ2) is 8.25. The number of hydrogen-bond donors (Lipinski definition) is 2. The molecule has 5 nitrogen and oxygen atoms in total. The highest BCUT2D eigenvalue weighted by Gasteiger charge is 2.19. The van der Waals surface area contributed by atoms with Gasteiger partial charge < -0.3 is 5.32 Å². The third-order valence-corrected chi connectivity index (χ3v) is 5.17. The Morgan fingerprint density at radius 1 is 1.19 bits per heavy atom. The molecule has 0 bridgehead atoms. The van der Waals surface area contributed by atoms with Crippen molar-refractivity contribution < 1.29 is 17.6 Å². The molecule has 0 fully saturated rings. The molecule has 2 rings (SSSR count). The Labute approximate surface area is 153 Å². The lowest BCUT2D eigenvalue weighted by atomic mass is 10.0. The number of amides is 1. The van der Waals surface area contributed by atoms with Crippen LogP contribution in [0.2, 0.25) is 0 Å². The summed E-state index contributed by atoms with van der Waals surface area (Å²) >= 11 is 0. The molecule has 7 heteroatoms. The quantitative estimate of drug-likeness (QED) is 0.724. The van der Waals surface area contributed by atoms with E-state index in [0.717, 1.165) is 23.8 Å². The van der Waals surface area contributed by atoms with Crippen molar-refractivity contribution in [1.29, 1.82) is 0 Å². The molecule has 0 aromatic heterocycles. The first-order chi connectivity index (χ1) is 12.2. The number of benzene rings is 2. The predicted octanol–water partition coefficient (Wildman–Crippen LogP) is 3.67. The highest BCUT2D eigenvalue weighted by atomic mass is 32.2. The van der Waals surface area contributed by atoms with Crippen LogP contribution in [0, 0.1) is 5.82 Å². The van der Waals surface area contributed by atoms with E-state index in [4.69, 9.17) is 0 Å². The summed E-state index contributed by atoms with van der Waals surface area (Å²) in [7, 11) is -3.85. The van der Waals surface area contributed by atoms with E-state index in [9.17, 15) is 17.6 Å². The molecule has 0 unspecified atom stereocenters. The van der Waals surface area contributed by atoms with Gasteiger partial charge in [-0.05, 0) is 41.8 Å². The van der Waals surface area contributed by atoms with Gasteiger partial charge in [-0.25, -0.2) is 17.5 Å². The Morgan fingerprint density at radius 3 is 2.42 bits per heavy atom. The van der Waals surface area contributed by atoms with E-state index >= 15 is 0 Å². The molecule has 0 aliphatic heterocycles. The van der Waals surface area contributed by atoms with Crippen molar-refractivity contribution in [2.75, 3.05) is 11.9 Å². The van der Waals surface area contributed by atoms with Crippen LogP contribution in [-0.2, 0) is 10.0 Å². The van der Waals surface area contributed by atoms with Crippen molar-refractivity contribution in [3.8, 4) is 0 Å². The Balaban J connectivity index is 2.25. The first-order valence-electron chi connectivity index (χ1n) is 8.06. The molecule has 0 aliphatic carbocycles. The maximum absolute atomic E-state index is 14.0. The maximum atomic E-state index is 14.0. The van der Waals surface area contributed by atoms with E-state index in [1.807, 2.05) is 12.1 Å². The topological polar surface area (TPSA) is 75.3 Å². The molecule has 0 aliphatic rings. The van der Waals surface area contributed by atoms with Crippen molar-refractivity contribution >= 4 is 21.6 Å². The SMILES string of the molecule is C=CCNS(=O)(=O)c1ccc(F)c(C(=O)Nc2ccc(C(C)C)cc2)c1. The van der Waals surface area contributed by atoms with Crippen LogP contribution in [0.1, 0.15) is 35.7 Å². The normalized spacial score (nSPS) is 11.4. The Morgan fingerprint density at radius 2 is 1.85 bits per heavy atom. The fourth-order valence-electron chi connectivity index (χ4n) is 2.25. The summed E-state index contributed by atoms with van der Waals surface area (Å²) in [6.07, 6.45) is 1.38. The molecule has 0 heterocycles. The number of sulfonamides is 1. The van der Waals surface area contributed by atoms with Gasteiger partial charge in [-0.3, -0.25) is 4.79 Å². The minimum Gasteiger partial charge on any atom is -0.322 e. The largest absolute Gasteiger partial charge is 0.322 e. The van der Waals surface area contributed by atoms with Gasteiger partial charge >= 0.3 is 0 Å². The highest BCUT2D eigenvalue weighted by molar-refractivity contribution is 7.89. The van der Waals surface area contributed by atoms with Gasteiger partial charge in [0.25, 0.3) is 5.91 Å². The lowest BCUT2D eigenvalue weighted by molar-refractivity contribution is 0.102. The van der Waals surface area contributed by atoms with Crippen LogP contribution in [0.5, 0.6) is 0 Å². The molecule has 0 spiro atoms. The number of hydrogen-bond acceptors (Lipinski definition) is 3. The molecular weight excluding hydrogens is 355 g/mol. The van der Waals surface area contributed by atoms with Crippen LogP contribution in [0.3, 0.4) is 0 Å². The molecule has 0 saturated carbocycles. The van der Waals surface area contributed by atoms with Gasteiger partial charge in [0, 0.05) is 12.2 Å². The Bertz CT molecular complexity index is 907. The summed E-state index contributed by atoms with van der Waals surface area (Å²) in [6.45, 7) is 7.56. The van der Waals surface area contributed by atoms with Crippen molar-refractivity contribution in [3.05, 3.63) is 72.1 Å². The summed E-state index contributed by atoms with van der Waals surface area (Å²) in [5.74, 6) is -1.17. The van der Waals surface area contributed by atoms with Crippen molar-refractivity contribution in [2.45, 2.75) is 24.7 Å². The van der Waals surface area contributed by atoms with Crippen molar-refractivity contribution in [3.63, 3.8) is 0 Å². The fourth-order valence-corrected chi connectivity index (χ4v) is 3.27. The zero-order chi connectivity index (χ0) is 19.3. The first-order valence-corrected chi connectivity index (χ1v) is 9.54. The summed E-state index contributed by atoms with van der Waals surface area (Å²) in [6, 6.07) is 10.3. The second-order valence-electron chi connectivity index (χ2n) is 6.01. The number of carbonyl (C=O) groups excluding carboxylic acids is 1. The lowest BCUT2D eigenvalue weighted by Gasteiger charge is -2.10. The van der Waals surface area contributed by atoms with Gasteiger partial charge in [-0.1, -0.05) is 32.1 Å². The minimum absolute atomic E-state index is 0.0312. The smallest absolute Gasteiger partial charge is 0.258 e. The molecule has 2 aromatic rings.